The van der Waals surface area contributed by atoms with Crippen LogP contribution >= 0.6 is 0 Å². The van der Waals surface area contributed by atoms with Crippen molar-refractivity contribution in [3.05, 3.63) is 34.9 Å². The van der Waals surface area contributed by atoms with Gasteiger partial charge in [-0.25, -0.2) is 0 Å². The van der Waals surface area contributed by atoms with Crippen LogP contribution in [-0.4, -0.2) is 50.5 Å². The van der Waals surface area contributed by atoms with Crippen LogP contribution in [0.4, 0.5) is 0 Å². The molecule has 0 aliphatic carbocycles. The number of hydrogen-bond acceptors (Lipinski definition) is 1. The van der Waals surface area contributed by atoms with Crippen molar-refractivity contribution in [2.45, 2.75) is 26.4 Å². The van der Waals surface area contributed by atoms with Gasteiger partial charge in [-0.1, -0.05) is 23.8 Å². The third-order valence-electron chi connectivity index (χ3n) is 6.25. The summed E-state index contributed by atoms with van der Waals surface area (Å²) in [6.07, 6.45) is 0.966. The molecule has 2 unspecified atom stereocenters. The average Bonchev–Trinajstić information content (AvgIpc) is 2.67. The minimum absolute atomic E-state index is 0.0937. The minimum Gasteiger partial charge on any atom is -0.391 e. The Morgan fingerprint density at radius 3 is 2.43 bits per heavy atom. The van der Waals surface area contributed by atoms with Gasteiger partial charge in [0.1, 0.15) is 13.1 Å². The molecule has 4 saturated heterocycles. The zero-order valence-electron chi connectivity index (χ0n) is 13.3. The first-order valence-corrected chi connectivity index (χ1v) is 8.47. The van der Waals surface area contributed by atoms with Crippen molar-refractivity contribution in [2.24, 2.45) is 11.3 Å². The van der Waals surface area contributed by atoms with Crippen LogP contribution in [0.25, 0.3) is 0 Å². The van der Waals surface area contributed by atoms with Crippen molar-refractivity contribution >= 4 is 0 Å². The molecule has 3 N–H and O–H groups in total. The first-order chi connectivity index (χ1) is 10.1. The van der Waals surface area contributed by atoms with Gasteiger partial charge < -0.3 is 14.9 Å². The van der Waals surface area contributed by atoms with E-state index in [0.29, 0.717) is 5.92 Å². The van der Waals surface area contributed by atoms with Gasteiger partial charge in [-0.05, 0) is 31.4 Å². The Balaban J connectivity index is 1.68. The fraction of sp³-hybridized carbons (Fsp3) is 0.667. The number of rotatable bonds is 2. The van der Waals surface area contributed by atoms with Crippen LogP contribution in [0, 0.1) is 25.2 Å². The van der Waals surface area contributed by atoms with Crippen LogP contribution in [0.5, 0.6) is 0 Å². The van der Waals surface area contributed by atoms with Gasteiger partial charge in [0.25, 0.3) is 0 Å². The fourth-order valence-electron chi connectivity index (χ4n) is 5.34. The molecular weight excluding hydrogens is 260 g/mol. The Hall–Kier alpha value is -0.900. The molecule has 1 aromatic carbocycles. The predicted molar refractivity (Wildman–Crippen MR) is 82.7 cm³/mol. The van der Waals surface area contributed by atoms with E-state index in [1.807, 2.05) is 0 Å². The van der Waals surface area contributed by atoms with Gasteiger partial charge in [0.05, 0.1) is 43.6 Å². The van der Waals surface area contributed by atoms with Gasteiger partial charge in [-0.3, -0.25) is 0 Å². The lowest BCUT2D eigenvalue weighted by Crippen LogP contribution is -3.17. The highest BCUT2D eigenvalue weighted by atomic mass is 16.3. The lowest BCUT2D eigenvalue weighted by molar-refractivity contribution is -0.918. The molecular formula is C18H28N2O+2. The summed E-state index contributed by atoms with van der Waals surface area (Å²) in [5, 5.41) is 11.0. The Morgan fingerprint density at radius 1 is 1.14 bits per heavy atom. The molecule has 3 heteroatoms. The highest BCUT2D eigenvalue weighted by Gasteiger charge is 2.58. The second kappa shape index (κ2) is 4.80. The third kappa shape index (κ3) is 2.23. The number of aryl methyl sites for hydroxylation is 2. The second-order valence-electron chi connectivity index (χ2n) is 7.94. The van der Waals surface area contributed by atoms with Crippen LogP contribution in [0.1, 0.15) is 16.7 Å². The van der Waals surface area contributed by atoms with Crippen LogP contribution in [-0.2, 0) is 6.42 Å². The maximum Gasteiger partial charge on any atom is 0.127 e. The first-order valence-electron chi connectivity index (χ1n) is 8.47. The molecule has 0 saturated carbocycles. The Kier molecular flexibility index (Phi) is 3.14. The van der Waals surface area contributed by atoms with Crippen LogP contribution < -0.4 is 9.80 Å². The van der Waals surface area contributed by atoms with Crippen molar-refractivity contribution in [3.8, 4) is 0 Å². The quantitative estimate of drug-likeness (QED) is 0.615. The number of aliphatic hydroxyl groups is 1. The molecule has 0 radical (unpaired) electrons. The predicted octanol–water partition coefficient (Wildman–Crippen LogP) is -1.38. The Labute approximate surface area is 127 Å². The van der Waals surface area contributed by atoms with E-state index >= 15 is 0 Å². The minimum atomic E-state index is -0.0937. The van der Waals surface area contributed by atoms with Gasteiger partial charge >= 0.3 is 0 Å². The van der Waals surface area contributed by atoms with Gasteiger partial charge in [-0.2, -0.15) is 0 Å². The largest absolute Gasteiger partial charge is 0.391 e. The molecule has 0 aromatic heterocycles. The van der Waals surface area contributed by atoms with E-state index in [1.165, 1.54) is 56.0 Å². The van der Waals surface area contributed by atoms with Crippen molar-refractivity contribution < 1.29 is 14.9 Å². The molecule has 4 fully saturated rings. The number of aliphatic hydroxyl groups excluding tert-OH is 1. The van der Waals surface area contributed by atoms with Crippen LogP contribution in [0.15, 0.2) is 18.2 Å². The summed E-state index contributed by atoms with van der Waals surface area (Å²) in [6.45, 7) is 11.7. The SMILES string of the molecule is Cc1ccc(CC23C[NH+]4CC[NH+](CC(C4)[C@@H]2O)C3)c(C)c1. The second-order valence-corrected chi connectivity index (χ2v) is 7.94. The average molecular weight is 288 g/mol. The Bertz CT molecular complexity index is 540. The van der Waals surface area contributed by atoms with Crippen molar-refractivity contribution in [1.29, 1.82) is 0 Å². The van der Waals surface area contributed by atoms with Crippen molar-refractivity contribution in [2.75, 3.05) is 39.3 Å². The Morgan fingerprint density at radius 2 is 1.81 bits per heavy atom. The monoisotopic (exact) mass is 288 g/mol. The third-order valence-corrected chi connectivity index (χ3v) is 6.25. The molecule has 21 heavy (non-hydrogen) atoms. The number of piperidine rings is 2. The summed E-state index contributed by atoms with van der Waals surface area (Å²) in [5.41, 5.74) is 4.29. The summed E-state index contributed by atoms with van der Waals surface area (Å²) in [4.78, 5) is 3.48. The molecule has 4 aliphatic rings. The summed E-state index contributed by atoms with van der Waals surface area (Å²) in [7, 11) is 0. The van der Waals surface area contributed by atoms with Crippen LogP contribution in [0.3, 0.4) is 0 Å². The molecule has 1 aromatic rings. The molecule has 0 spiro atoms. The molecule has 4 heterocycles. The molecule has 5 rings (SSSR count). The number of hydrogen-bond donors (Lipinski definition) is 3. The topological polar surface area (TPSA) is 29.1 Å². The summed E-state index contributed by atoms with van der Waals surface area (Å²) in [6, 6.07) is 6.81. The first kappa shape index (κ1) is 13.7. The van der Waals surface area contributed by atoms with E-state index in [-0.39, 0.29) is 11.5 Å². The molecule has 3 nitrogen and oxygen atoms in total. The highest BCUT2D eigenvalue weighted by molar-refractivity contribution is 5.31. The summed E-state index contributed by atoms with van der Waals surface area (Å²) >= 11 is 0. The lowest BCUT2D eigenvalue weighted by Gasteiger charge is -2.49. The molecule has 3 atom stereocenters. The van der Waals surface area contributed by atoms with E-state index < -0.39 is 0 Å². The van der Waals surface area contributed by atoms with Gasteiger partial charge in [0.15, 0.2) is 0 Å². The maximum absolute atomic E-state index is 11.0. The fourth-order valence-corrected chi connectivity index (χ4v) is 5.34. The number of fused-ring (bicyclic) bond motifs is 1. The summed E-state index contributed by atoms with van der Waals surface area (Å²) < 4.78 is 0. The van der Waals surface area contributed by atoms with Crippen molar-refractivity contribution in [1.82, 2.24) is 0 Å². The summed E-state index contributed by atoms with van der Waals surface area (Å²) in [5.74, 6) is 0.519. The zero-order chi connectivity index (χ0) is 14.6. The van der Waals surface area contributed by atoms with Gasteiger partial charge in [0, 0.05) is 0 Å². The molecule has 0 amide bonds. The molecule has 114 valence electrons. The maximum atomic E-state index is 11.0. The highest BCUT2D eigenvalue weighted by Crippen LogP contribution is 2.34. The van der Waals surface area contributed by atoms with Gasteiger partial charge in [-0.15, -0.1) is 0 Å². The van der Waals surface area contributed by atoms with E-state index in [1.54, 1.807) is 9.80 Å². The zero-order valence-corrected chi connectivity index (χ0v) is 13.3. The van der Waals surface area contributed by atoms with E-state index in [0.717, 1.165) is 6.42 Å². The van der Waals surface area contributed by atoms with E-state index in [4.69, 9.17) is 0 Å². The van der Waals surface area contributed by atoms with Crippen LogP contribution in [0.2, 0.25) is 0 Å². The van der Waals surface area contributed by atoms with Gasteiger partial charge in [0.2, 0.25) is 0 Å². The number of quaternary nitrogens is 2. The van der Waals surface area contributed by atoms with E-state index in [2.05, 4.69) is 32.0 Å². The number of nitrogens with one attached hydrogen (secondary N) is 2. The number of benzene rings is 1. The molecule has 4 bridgehead atoms. The van der Waals surface area contributed by atoms with E-state index in [9.17, 15) is 5.11 Å². The van der Waals surface area contributed by atoms with Crippen molar-refractivity contribution in [3.63, 3.8) is 0 Å². The normalized spacial score (nSPS) is 41.3. The standard InChI is InChI=1S/C18H26N2O/c1-13-3-4-15(14(2)7-13)8-18-11-19-5-6-20(12-18)10-16(9-19)17(18)21/h3-4,7,16-17,21H,5-6,8-12H2,1-2H3/p+2/t16?,17-,18?/m0/s1. The smallest absolute Gasteiger partial charge is 0.127 e. The molecule has 4 aliphatic heterocycles. The lowest BCUT2D eigenvalue weighted by atomic mass is 9.66.